The van der Waals surface area contributed by atoms with Gasteiger partial charge in [-0.1, -0.05) is 6.07 Å². The van der Waals surface area contributed by atoms with Crippen LogP contribution < -0.4 is 4.57 Å². The van der Waals surface area contributed by atoms with Crippen molar-refractivity contribution in [3.63, 3.8) is 0 Å². The van der Waals surface area contributed by atoms with Crippen LogP contribution in [0.15, 0.2) is 60.0 Å². The van der Waals surface area contributed by atoms with Crippen LogP contribution in [0.25, 0.3) is 0 Å². The lowest BCUT2D eigenvalue weighted by molar-refractivity contribution is -0.696. The maximum absolute atomic E-state index is 10.3. The van der Waals surface area contributed by atoms with Gasteiger partial charge in [-0.25, -0.2) is 13.0 Å². The molecule has 10 heteroatoms. The van der Waals surface area contributed by atoms with Gasteiger partial charge in [0.15, 0.2) is 12.4 Å². The van der Waals surface area contributed by atoms with E-state index in [1.165, 1.54) is 18.3 Å². The van der Waals surface area contributed by atoms with E-state index in [4.69, 9.17) is 4.55 Å². The van der Waals surface area contributed by atoms with Crippen molar-refractivity contribution in [2.75, 3.05) is 5.75 Å². The molecule has 0 aliphatic carbocycles. The van der Waals surface area contributed by atoms with Crippen molar-refractivity contribution in [3.8, 4) is 0 Å². The Bertz CT molecular complexity index is 793. The molecule has 0 saturated carbocycles. The molecule has 0 fully saturated rings. The second kappa shape index (κ2) is 8.67. The summed E-state index contributed by atoms with van der Waals surface area (Å²) in [5, 5.41) is 0. The second-order valence-corrected chi connectivity index (χ2v) is 7.34. The van der Waals surface area contributed by atoms with Gasteiger partial charge in [-0.2, -0.15) is 8.42 Å². The Hall–Kier alpha value is -1.88. The highest BCUT2D eigenvalue weighted by molar-refractivity contribution is 7.86. The summed E-state index contributed by atoms with van der Waals surface area (Å²) < 4.78 is 61.7. The highest BCUT2D eigenvalue weighted by Gasteiger charge is 2.06. The van der Waals surface area contributed by atoms with Crippen LogP contribution in [0.5, 0.6) is 0 Å². The standard InChI is InChI=1S/C8H11NO3S.C5H5NO3S/c10-13(11,12)8-4-7-9-5-2-1-3-6-9;7-10(8,9)5-2-1-3-6-4-5/h1-3,5-6H,4,7-8H2;1-4H,(H,7,8,9). The Morgan fingerprint density at radius 2 is 1.74 bits per heavy atom. The van der Waals surface area contributed by atoms with Crippen molar-refractivity contribution in [1.82, 2.24) is 4.98 Å². The summed E-state index contributed by atoms with van der Waals surface area (Å²) in [7, 11) is -8.12. The highest BCUT2D eigenvalue weighted by atomic mass is 32.2. The molecule has 126 valence electrons. The van der Waals surface area contributed by atoms with Crippen molar-refractivity contribution in [1.29, 1.82) is 0 Å². The fourth-order valence-corrected chi connectivity index (χ4v) is 2.43. The molecule has 8 nitrogen and oxygen atoms in total. The van der Waals surface area contributed by atoms with Crippen LogP contribution in [0.1, 0.15) is 6.42 Å². The van der Waals surface area contributed by atoms with Crippen LogP contribution >= 0.6 is 0 Å². The van der Waals surface area contributed by atoms with Gasteiger partial charge in [-0.3, -0.25) is 9.54 Å². The number of nitrogens with zero attached hydrogens (tertiary/aromatic N) is 2. The molecule has 2 aromatic heterocycles. The largest absolute Gasteiger partial charge is 0.748 e. The van der Waals surface area contributed by atoms with E-state index in [9.17, 15) is 21.4 Å². The van der Waals surface area contributed by atoms with Crippen molar-refractivity contribution in [2.45, 2.75) is 17.9 Å². The Kier molecular flexibility index (Phi) is 7.23. The fraction of sp³-hybridized carbons (Fsp3) is 0.231. The first kappa shape index (κ1) is 19.2. The zero-order valence-corrected chi connectivity index (χ0v) is 13.6. The lowest BCUT2D eigenvalue weighted by Gasteiger charge is -2.03. The number of aromatic nitrogens is 2. The molecule has 0 aliphatic heterocycles. The lowest BCUT2D eigenvalue weighted by atomic mass is 10.4. The average molecular weight is 360 g/mol. The van der Waals surface area contributed by atoms with Crippen LogP contribution in [0.3, 0.4) is 0 Å². The maximum atomic E-state index is 10.3. The molecule has 0 atom stereocenters. The first-order chi connectivity index (χ1) is 10.7. The summed E-state index contributed by atoms with van der Waals surface area (Å²) in [6.07, 6.45) is 6.53. The van der Waals surface area contributed by atoms with Crippen molar-refractivity contribution < 1.29 is 30.5 Å². The molecular weight excluding hydrogens is 344 g/mol. The summed E-state index contributed by atoms with van der Waals surface area (Å²) in [5.74, 6) is -0.297. The van der Waals surface area contributed by atoms with E-state index in [0.717, 1.165) is 6.20 Å². The van der Waals surface area contributed by atoms with Gasteiger partial charge in [0.2, 0.25) is 0 Å². The van der Waals surface area contributed by atoms with Crippen LogP contribution in [0, 0.1) is 0 Å². The molecule has 2 heterocycles. The molecule has 23 heavy (non-hydrogen) atoms. The molecule has 0 unspecified atom stereocenters. The van der Waals surface area contributed by atoms with Crippen LogP contribution in [-0.2, 0) is 26.8 Å². The number of pyridine rings is 2. The van der Waals surface area contributed by atoms with Crippen LogP contribution in [0.4, 0.5) is 0 Å². The average Bonchev–Trinajstić information content (AvgIpc) is 2.48. The van der Waals surface area contributed by atoms with Gasteiger partial charge in [0, 0.05) is 36.7 Å². The summed E-state index contributed by atoms with van der Waals surface area (Å²) >= 11 is 0. The molecule has 0 amide bonds. The highest BCUT2D eigenvalue weighted by Crippen LogP contribution is 2.03. The topological polar surface area (TPSA) is 128 Å². The summed E-state index contributed by atoms with van der Waals surface area (Å²) in [4.78, 5) is 3.33. The van der Waals surface area contributed by atoms with E-state index in [1.807, 2.05) is 35.2 Å². The Morgan fingerprint density at radius 1 is 1.09 bits per heavy atom. The number of aryl methyl sites for hydroxylation is 1. The number of hydrogen-bond donors (Lipinski definition) is 1. The van der Waals surface area contributed by atoms with E-state index < -0.39 is 20.2 Å². The predicted molar refractivity (Wildman–Crippen MR) is 79.9 cm³/mol. The Balaban J connectivity index is 0.000000238. The predicted octanol–water partition coefficient (Wildman–Crippen LogP) is 0.238. The van der Waals surface area contributed by atoms with Crippen molar-refractivity contribution in [3.05, 3.63) is 55.1 Å². The minimum atomic E-state index is -4.07. The van der Waals surface area contributed by atoms with Crippen molar-refractivity contribution in [2.24, 2.45) is 0 Å². The SMILES string of the molecule is O=S(=O)(O)c1cccnc1.O=S(=O)([O-])CCC[n+]1ccccc1. The van der Waals surface area contributed by atoms with Gasteiger partial charge in [-0.05, 0) is 12.1 Å². The van der Waals surface area contributed by atoms with Gasteiger partial charge in [0.05, 0.1) is 10.1 Å². The third-order valence-electron chi connectivity index (χ3n) is 2.52. The fourth-order valence-electron chi connectivity index (χ4n) is 1.51. The van der Waals surface area contributed by atoms with Gasteiger partial charge >= 0.3 is 0 Å². The first-order valence-corrected chi connectivity index (χ1v) is 9.45. The van der Waals surface area contributed by atoms with Gasteiger partial charge in [0.25, 0.3) is 10.1 Å². The van der Waals surface area contributed by atoms with Gasteiger partial charge in [0.1, 0.15) is 11.4 Å². The zero-order valence-electron chi connectivity index (χ0n) is 12.0. The number of rotatable bonds is 5. The van der Waals surface area contributed by atoms with E-state index >= 15 is 0 Å². The third kappa shape index (κ3) is 8.98. The summed E-state index contributed by atoms with van der Waals surface area (Å²) in [6.45, 7) is 0.558. The molecule has 2 aromatic rings. The molecule has 0 bridgehead atoms. The quantitative estimate of drug-likeness (QED) is 0.597. The van der Waals surface area contributed by atoms with Crippen molar-refractivity contribution >= 4 is 20.2 Å². The molecule has 0 saturated heterocycles. The normalized spacial score (nSPS) is 11.4. The van der Waals surface area contributed by atoms with Crippen LogP contribution in [0.2, 0.25) is 0 Å². The van der Waals surface area contributed by atoms with E-state index in [2.05, 4.69) is 4.98 Å². The monoisotopic (exact) mass is 360 g/mol. The lowest BCUT2D eigenvalue weighted by Crippen LogP contribution is -2.33. The molecule has 0 aromatic carbocycles. The first-order valence-electron chi connectivity index (χ1n) is 6.44. The molecule has 1 N–H and O–H groups in total. The summed E-state index contributed by atoms with van der Waals surface area (Å²) in [5.41, 5.74) is 0. The Morgan fingerprint density at radius 3 is 2.17 bits per heavy atom. The minimum absolute atomic E-state index is 0.185. The maximum Gasteiger partial charge on any atom is 0.296 e. The molecule has 0 radical (unpaired) electrons. The molecule has 0 spiro atoms. The van der Waals surface area contributed by atoms with Crippen LogP contribution in [-0.4, -0.2) is 36.7 Å². The number of hydrogen-bond acceptors (Lipinski definition) is 6. The molecular formula is C13H16N2O6S2. The molecule has 2 rings (SSSR count). The molecule has 0 aliphatic rings. The zero-order chi connectivity index (χ0) is 17.3. The minimum Gasteiger partial charge on any atom is -0.748 e. The van der Waals surface area contributed by atoms with Gasteiger partial charge < -0.3 is 4.55 Å². The third-order valence-corrected chi connectivity index (χ3v) is 4.15. The van der Waals surface area contributed by atoms with E-state index in [1.54, 1.807) is 0 Å². The van der Waals surface area contributed by atoms with Gasteiger partial charge in [-0.15, -0.1) is 0 Å². The van der Waals surface area contributed by atoms with E-state index in [-0.39, 0.29) is 10.6 Å². The Labute approximate surface area is 134 Å². The second-order valence-electron chi connectivity index (χ2n) is 4.39. The smallest absolute Gasteiger partial charge is 0.296 e. The summed E-state index contributed by atoms with van der Waals surface area (Å²) in [6, 6.07) is 8.28. The van der Waals surface area contributed by atoms with E-state index in [0.29, 0.717) is 13.0 Å².